The third kappa shape index (κ3) is 1.91. The summed E-state index contributed by atoms with van der Waals surface area (Å²) in [6, 6.07) is 5.15. The normalized spacial score (nSPS) is 13.5. The van der Waals surface area contributed by atoms with Gasteiger partial charge < -0.3 is 9.30 Å². The van der Waals surface area contributed by atoms with Crippen molar-refractivity contribution < 1.29 is 14.3 Å². The van der Waals surface area contributed by atoms with Gasteiger partial charge in [0.05, 0.1) is 17.6 Å². The van der Waals surface area contributed by atoms with E-state index in [9.17, 15) is 9.59 Å². The molecule has 0 bridgehead atoms. The number of esters is 1. The molecule has 0 spiro atoms. The van der Waals surface area contributed by atoms with Crippen molar-refractivity contribution in [2.24, 2.45) is 0 Å². The predicted octanol–water partition coefficient (Wildman–Crippen LogP) is 1.73. The van der Waals surface area contributed by atoms with Gasteiger partial charge in [-0.15, -0.1) is 0 Å². The summed E-state index contributed by atoms with van der Waals surface area (Å²) in [5, 5.41) is 0. The van der Waals surface area contributed by atoms with E-state index < -0.39 is 11.8 Å². The number of fused-ring (bicyclic) bond motifs is 3. The standard InChI is InChI=1S/C14H14N2O3/c1-2-19-14(18)13(17)9-5-6-10-11(8-9)16-7-3-4-12(16)15-10/h5-6,8H,2-4,7H2,1H3. The van der Waals surface area contributed by atoms with Crippen LogP contribution in [-0.2, 0) is 22.5 Å². The maximum Gasteiger partial charge on any atom is 0.379 e. The predicted molar refractivity (Wildman–Crippen MR) is 69.0 cm³/mol. The number of ether oxygens (including phenoxy) is 1. The topological polar surface area (TPSA) is 61.2 Å². The second-order valence-electron chi connectivity index (χ2n) is 4.54. The molecule has 3 rings (SSSR count). The molecule has 0 N–H and O–H groups in total. The molecule has 2 aromatic rings. The van der Waals surface area contributed by atoms with Crippen molar-refractivity contribution in [2.75, 3.05) is 6.61 Å². The number of hydrogen-bond donors (Lipinski definition) is 0. The van der Waals surface area contributed by atoms with Crippen LogP contribution >= 0.6 is 0 Å². The Morgan fingerprint density at radius 3 is 3.05 bits per heavy atom. The van der Waals surface area contributed by atoms with Gasteiger partial charge in [-0.3, -0.25) is 4.79 Å². The van der Waals surface area contributed by atoms with Crippen LogP contribution in [-0.4, -0.2) is 27.9 Å². The van der Waals surface area contributed by atoms with Crippen LogP contribution in [0, 0.1) is 0 Å². The smallest absolute Gasteiger partial charge is 0.379 e. The van der Waals surface area contributed by atoms with Crippen LogP contribution in [0.2, 0.25) is 0 Å². The largest absolute Gasteiger partial charge is 0.460 e. The fourth-order valence-electron chi connectivity index (χ4n) is 2.46. The number of Topliss-reactive ketones (excluding diaryl/α,β-unsaturated/α-hetero) is 1. The lowest BCUT2D eigenvalue weighted by molar-refractivity contribution is -0.137. The SMILES string of the molecule is CCOC(=O)C(=O)c1ccc2nc3n(c2c1)CCC3. The molecule has 0 unspecified atom stereocenters. The maximum absolute atomic E-state index is 11.9. The second-order valence-corrected chi connectivity index (χ2v) is 4.54. The molecule has 0 fully saturated rings. The zero-order valence-electron chi connectivity index (χ0n) is 10.7. The summed E-state index contributed by atoms with van der Waals surface area (Å²) >= 11 is 0. The summed E-state index contributed by atoms with van der Waals surface area (Å²) in [6.07, 6.45) is 2.05. The summed E-state index contributed by atoms with van der Waals surface area (Å²) in [5.74, 6) is -0.351. The van der Waals surface area contributed by atoms with Gasteiger partial charge in [-0.05, 0) is 31.5 Å². The van der Waals surface area contributed by atoms with E-state index in [4.69, 9.17) is 4.74 Å². The average molecular weight is 258 g/mol. The number of nitrogens with zero attached hydrogens (tertiary/aromatic N) is 2. The summed E-state index contributed by atoms with van der Waals surface area (Å²) in [7, 11) is 0. The number of imidazole rings is 1. The van der Waals surface area contributed by atoms with Gasteiger partial charge in [0, 0.05) is 18.5 Å². The van der Waals surface area contributed by atoms with Crippen molar-refractivity contribution in [2.45, 2.75) is 26.3 Å². The van der Waals surface area contributed by atoms with Gasteiger partial charge in [-0.25, -0.2) is 9.78 Å². The summed E-state index contributed by atoms with van der Waals surface area (Å²) < 4.78 is 6.84. The number of carbonyl (C=O) groups is 2. The first kappa shape index (κ1) is 11.9. The quantitative estimate of drug-likeness (QED) is 0.478. The second kappa shape index (κ2) is 4.50. The van der Waals surface area contributed by atoms with Crippen molar-refractivity contribution in [3.63, 3.8) is 0 Å². The molecule has 0 amide bonds. The maximum atomic E-state index is 11.9. The Morgan fingerprint density at radius 1 is 1.42 bits per heavy atom. The van der Waals surface area contributed by atoms with E-state index in [1.807, 2.05) is 0 Å². The lowest BCUT2D eigenvalue weighted by atomic mass is 10.1. The Morgan fingerprint density at radius 2 is 2.26 bits per heavy atom. The lowest BCUT2D eigenvalue weighted by Crippen LogP contribution is -2.17. The van der Waals surface area contributed by atoms with Crippen LogP contribution < -0.4 is 0 Å². The molecule has 0 saturated carbocycles. The first-order chi connectivity index (χ1) is 9.20. The molecule has 1 aromatic heterocycles. The van der Waals surface area contributed by atoms with Gasteiger partial charge in [0.2, 0.25) is 0 Å². The number of aromatic nitrogens is 2. The summed E-state index contributed by atoms with van der Waals surface area (Å²) in [6.45, 7) is 2.80. The van der Waals surface area contributed by atoms with Crippen LogP contribution in [0.25, 0.3) is 11.0 Å². The minimum Gasteiger partial charge on any atom is -0.460 e. The number of rotatable bonds is 3. The molecule has 2 heterocycles. The molecule has 1 aliphatic heterocycles. The molecule has 1 aromatic carbocycles. The zero-order valence-corrected chi connectivity index (χ0v) is 10.7. The van der Waals surface area contributed by atoms with Gasteiger partial charge in [0.1, 0.15) is 5.82 Å². The molecular formula is C14H14N2O3. The number of ketones is 1. The van der Waals surface area contributed by atoms with Crippen LogP contribution in [0.5, 0.6) is 0 Å². The molecule has 0 aliphatic carbocycles. The van der Waals surface area contributed by atoms with Crippen molar-refractivity contribution >= 4 is 22.8 Å². The Labute approximate surface area is 110 Å². The molecule has 5 heteroatoms. The van der Waals surface area contributed by atoms with E-state index in [2.05, 4.69) is 9.55 Å². The third-order valence-electron chi connectivity index (χ3n) is 3.33. The van der Waals surface area contributed by atoms with Gasteiger partial charge in [0.25, 0.3) is 5.78 Å². The van der Waals surface area contributed by atoms with Crippen molar-refractivity contribution in [1.82, 2.24) is 9.55 Å². The number of carbonyl (C=O) groups excluding carboxylic acids is 2. The van der Waals surface area contributed by atoms with Crippen molar-refractivity contribution in [1.29, 1.82) is 0 Å². The van der Waals surface area contributed by atoms with Crippen LogP contribution in [0.1, 0.15) is 29.5 Å². The van der Waals surface area contributed by atoms with Gasteiger partial charge >= 0.3 is 5.97 Å². The van der Waals surface area contributed by atoms with E-state index in [0.717, 1.165) is 36.2 Å². The third-order valence-corrected chi connectivity index (χ3v) is 3.33. The fourth-order valence-corrected chi connectivity index (χ4v) is 2.46. The first-order valence-electron chi connectivity index (χ1n) is 6.41. The molecule has 98 valence electrons. The molecule has 0 atom stereocenters. The van der Waals surface area contributed by atoms with Crippen LogP contribution in [0.4, 0.5) is 0 Å². The highest BCUT2D eigenvalue weighted by Gasteiger charge is 2.21. The minimum absolute atomic E-state index is 0.203. The zero-order chi connectivity index (χ0) is 13.4. The van der Waals surface area contributed by atoms with E-state index in [1.165, 1.54) is 0 Å². The lowest BCUT2D eigenvalue weighted by Gasteiger charge is -2.03. The Kier molecular flexibility index (Phi) is 2.81. The highest BCUT2D eigenvalue weighted by atomic mass is 16.5. The van der Waals surface area contributed by atoms with Gasteiger partial charge in [-0.1, -0.05) is 0 Å². The number of benzene rings is 1. The van der Waals surface area contributed by atoms with Crippen LogP contribution in [0.3, 0.4) is 0 Å². The molecule has 5 nitrogen and oxygen atoms in total. The Hall–Kier alpha value is -2.17. The minimum atomic E-state index is -0.803. The molecular weight excluding hydrogens is 244 g/mol. The molecule has 0 saturated heterocycles. The van der Waals surface area contributed by atoms with Gasteiger partial charge in [0.15, 0.2) is 0 Å². The number of aryl methyl sites for hydroxylation is 2. The average Bonchev–Trinajstić information content (AvgIpc) is 2.98. The highest BCUT2D eigenvalue weighted by molar-refractivity contribution is 6.40. The van der Waals surface area contributed by atoms with E-state index in [0.29, 0.717) is 5.56 Å². The van der Waals surface area contributed by atoms with Crippen molar-refractivity contribution in [3.8, 4) is 0 Å². The van der Waals surface area contributed by atoms with E-state index in [1.54, 1.807) is 25.1 Å². The molecule has 1 aliphatic rings. The van der Waals surface area contributed by atoms with E-state index in [-0.39, 0.29) is 6.61 Å². The Balaban J connectivity index is 2.01. The van der Waals surface area contributed by atoms with Crippen molar-refractivity contribution in [3.05, 3.63) is 29.6 Å². The van der Waals surface area contributed by atoms with Crippen LogP contribution in [0.15, 0.2) is 18.2 Å². The highest BCUT2D eigenvalue weighted by Crippen LogP contribution is 2.23. The van der Waals surface area contributed by atoms with Gasteiger partial charge in [-0.2, -0.15) is 0 Å². The molecule has 0 radical (unpaired) electrons. The first-order valence-corrected chi connectivity index (χ1v) is 6.41. The Bertz CT molecular complexity index is 673. The van der Waals surface area contributed by atoms with E-state index >= 15 is 0 Å². The summed E-state index contributed by atoms with van der Waals surface area (Å²) in [4.78, 5) is 27.9. The number of hydrogen-bond acceptors (Lipinski definition) is 4. The summed E-state index contributed by atoms with van der Waals surface area (Å²) in [5.41, 5.74) is 2.15. The fraction of sp³-hybridized carbons (Fsp3) is 0.357. The monoisotopic (exact) mass is 258 g/mol. The molecule has 19 heavy (non-hydrogen) atoms.